The SMILES string of the molecule is O=CCNC(=O)CNC(=O)CCS. The van der Waals surface area contributed by atoms with Crippen molar-refractivity contribution in [1.82, 2.24) is 10.6 Å². The third-order valence-electron chi connectivity index (χ3n) is 1.17. The minimum atomic E-state index is -0.375. The number of carbonyl (C=O) groups excluding carboxylic acids is 3. The normalized spacial score (nSPS) is 9.00. The number of amides is 2. The Labute approximate surface area is 81.7 Å². The van der Waals surface area contributed by atoms with Crippen LogP contribution in [0.1, 0.15) is 6.42 Å². The summed E-state index contributed by atoms with van der Waals surface area (Å²) >= 11 is 3.85. The molecule has 0 heterocycles. The minimum absolute atomic E-state index is 0.0265. The molecule has 0 saturated carbocycles. The Morgan fingerprint density at radius 1 is 1.23 bits per heavy atom. The molecule has 0 rings (SSSR count). The molecule has 13 heavy (non-hydrogen) atoms. The van der Waals surface area contributed by atoms with E-state index in [1.807, 2.05) is 0 Å². The lowest BCUT2D eigenvalue weighted by Crippen LogP contribution is -2.37. The average Bonchev–Trinajstić information content (AvgIpc) is 2.12. The zero-order valence-corrected chi connectivity index (χ0v) is 7.97. The number of nitrogens with one attached hydrogen (secondary N) is 2. The molecule has 0 aliphatic carbocycles. The van der Waals surface area contributed by atoms with Crippen molar-refractivity contribution in [2.24, 2.45) is 0 Å². The van der Waals surface area contributed by atoms with Crippen molar-refractivity contribution in [3.05, 3.63) is 0 Å². The van der Waals surface area contributed by atoms with Gasteiger partial charge in [0.15, 0.2) is 0 Å². The van der Waals surface area contributed by atoms with Crippen LogP contribution in [-0.2, 0) is 14.4 Å². The molecular weight excluding hydrogens is 192 g/mol. The first kappa shape index (κ1) is 12.0. The lowest BCUT2D eigenvalue weighted by Gasteiger charge is -2.03. The maximum Gasteiger partial charge on any atom is 0.239 e. The summed E-state index contributed by atoms with van der Waals surface area (Å²) < 4.78 is 0. The molecule has 0 fully saturated rings. The quantitative estimate of drug-likeness (QED) is 0.373. The first-order valence-corrected chi connectivity index (χ1v) is 4.42. The van der Waals surface area contributed by atoms with E-state index in [-0.39, 0.29) is 31.3 Å². The number of hydrogen-bond acceptors (Lipinski definition) is 4. The van der Waals surface area contributed by atoms with Crippen molar-refractivity contribution >= 4 is 30.7 Å². The molecular formula is C7H12N2O3S. The van der Waals surface area contributed by atoms with Gasteiger partial charge in [0.2, 0.25) is 11.8 Å². The van der Waals surface area contributed by atoms with Gasteiger partial charge in [0, 0.05) is 6.42 Å². The van der Waals surface area contributed by atoms with E-state index in [1.165, 1.54) is 0 Å². The van der Waals surface area contributed by atoms with E-state index in [2.05, 4.69) is 23.3 Å². The number of thiol groups is 1. The van der Waals surface area contributed by atoms with Gasteiger partial charge in [0.25, 0.3) is 0 Å². The molecule has 0 unspecified atom stereocenters. The van der Waals surface area contributed by atoms with Crippen molar-refractivity contribution in [1.29, 1.82) is 0 Å². The summed E-state index contributed by atoms with van der Waals surface area (Å²) in [6, 6.07) is 0. The summed E-state index contributed by atoms with van der Waals surface area (Å²) in [5.74, 6) is -0.155. The van der Waals surface area contributed by atoms with Crippen LogP contribution in [0, 0.1) is 0 Å². The van der Waals surface area contributed by atoms with Gasteiger partial charge in [-0.15, -0.1) is 0 Å². The van der Waals surface area contributed by atoms with Gasteiger partial charge in [-0.25, -0.2) is 0 Å². The van der Waals surface area contributed by atoms with Crippen LogP contribution in [0.5, 0.6) is 0 Å². The fourth-order valence-corrected chi connectivity index (χ4v) is 0.790. The fourth-order valence-electron chi connectivity index (χ4n) is 0.587. The second-order valence-corrected chi connectivity index (χ2v) is 2.67. The molecule has 6 heteroatoms. The highest BCUT2D eigenvalue weighted by molar-refractivity contribution is 7.80. The number of hydrogen-bond donors (Lipinski definition) is 3. The van der Waals surface area contributed by atoms with Gasteiger partial charge < -0.3 is 15.4 Å². The van der Waals surface area contributed by atoms with Crippen molar-refractivity contribution in [3.8, 4) is 0 Å². The maximum atomic E-state index is 10.8. The van der Waals surface area contributed by atoms with E-state index in [0.29, 0.717) is 12.0 Å². The molecule has 2 N–H and O–H groups in total. The van der Waals surface area contributed by atoms with Crippen LogP contribution in [0.15, 0.2) is 0 Å². The van der Waals surface area contributed by atoms with E-state index in [9.17, 15) is 14.4 Å². The summed E-state index contributed by atoms with van der Waals surface area (Å²) in [4.78, 5) is 31.5. The molecule has 0 radical (unpaired) electrons. The Morgan fingerprint density at radius 3 is 2.46 bits per heavy atom. The molecule has 5 nitrogen and oxygen atoms in total. The zero-order chi connectivity index (χ0) is 10.1. The molecule has 0 bridgehead atoms. The fraction of sp³-hybridized carbons (Fsp3) is 0.571. The van der Waals surface area contributed by atoms with Crippen LogP contribution in [0.25, 0.3) is 0 Å². The van der Waals surface area contributed by atoms with Gasteiger partial charge in [-0.2, -0.15) is 12.6 Å². The topological polar surface area (TPSA) is 75.3 Å². The third kappa shape index (κ3) is 7.32. The number of carbonyl (C=O) groups is 3. The van der Waals surface area contributed by atoms with E-state index in [0.717, 1.165) is 0 Å². The lowest BCUT2D eigenvalue weighted by molar-refractivity contribution is -0.126. The van der Waals surface area contributed by atoms with Gasteiger partial charge in [-0.3, -0.25) is 9.59 Å². The van der Waals surface area contributed by atoms with Crippen LogP contribution in [0.2, 0.25) is 0 Å². The van der Waals surface area contributed by atoms with Crippen LogP contribution in [-0.4, -0.2) is 36.9 Å². The summed E-state index contributed by atoms with van der Waals surface area (Å²) in [5, 5.41) is 4.67. The highest BCUT2D eigenvalue weighted by Gasteiger charge is 2.02. The number of rotatable bonds is 6. The van der Waals surface area contributed by atoms with Crippen LogP contribution in [0.3, 0.4) is 0 Å². The van der Waals surface area contributed by atoms with Crippen LogP contribution < -0.4 is 10.6 Å². The molecule has 0 aliphatic rings. The Balaban J connectivity index is 3.45. The summed E-state index contributed by atoms with van der Waals surface area (Å²) in [5.41, 5.74) is 0. The lowest BCUT2D eigenvalue weighted by atomic mass is 10.4. The molecule has 74 valence electrons. The number of aldehydes is 1. The van der Waals surface area contributed by atoms with Gasteiger partial charge in [-0.1, -0.05) is 0 Å². The van der Waals surface area contributed by atoms with E-state index < -0.39 is 0 Å². The third-order valence-corrected chi connectivity index (χ3v) is 1.39. The second-order valence-electron chi connectivity index (χ2n) is 2.22. The van der Waals surface area contributed by atoms with Crippen LogP contribution >= 0.6 is 12.6 Å². The Bertz CT molecular complexity index is 196. The van der Waals surface area contributed by atoms with Crippen molar-refractivity contribution < 1.29 is 14.4 Å². The Morgan fingerprint density at radius 2 is 1.92 bits per heavy atom. The van der Waals surface area contributed by atoms with Crippen molar-refractivity contribution in [2.45, 2.75) is 6.42 Å². The minimum Gasteiger partial charge on any atom is -0.348 e. The van der Waals surface area contributed by atoms with Gasteiger partial charge in [0.05, 0.1) is 13.1 Å². The first-order valence-electron chi connectivity index (χ1n) is 3.78. The molecule has 0 atom stereocenters. The average molecular weight is 204 g/mol. The van der Waals surface area contributed by atoms with Gasteiger partial charge in [-0.05, 0) is 5.75 Å². The molecule has 0 saturated heterocycles. The molecule has 0 aliphatic heterocycles. The Kier molecular flexibility index (Phi) is 6.99. The maximum absolute atomic E-state index is 10.8. The standard InChI is InChI=1S/C7H12N2O3S/c10-3-2-8-7(12)5-9-6(11)1-4-13/h3,13H,1-2,4-5H2,(H,8,12)(H,9,11). The molecule has 0 aromatic carbocycles. The smallest absolute Gasteiger partial charge is 0.239 e. The predicted octanol–water partition coefficient (Wildman–Crippen LogP) is -1.26. The summed E-state index contributed by atoms with van der Waals surface area (Å²) in [6.07, 6.45) is 0.859. The van der Waals surface area contributed by atoms with E-state index in [1.54, 1.807) is 0 Å². The molecule has 0 aromatic rings. The zero-order valence-electron chi connectivity index (χ0n) is 7.08. The van der Waals surface area contributed by atoms with E-state index >= 15 is 0 Å². The molecule has 2 amide bonds. The summed E-state index contributed by atoms with van der Waals surface area (Å²) in [6.45, 7) is -0.123. The monoisotopic (exact) mass is 204 g/mol. The molecule has 0 spiro atoms. The van der Waals surface area contributed by atoms with Gasteiger partial charge >= 0.3 is 0 Å². The highest BCUT2D eigenvalue weighted by Crippen LogP contribution is 1.82. The van der Waals surface area contributed by atoms with Crippen molar-refractivity contribution in [3.63, 3.8) is 0 Å². The molecule has 0 aromatic heterocycles. The van der Waals surface area contributed by atoms with Gasteiger partial charge in [0.1, 0.15) is 6.29 Å². The summed E-state index contributed by atoms with van der Waals surface area (Å²) in [7, 11) is 0. The first-order chi connectivity index (χ1) is 6.20. The predicted molar refractivity (Wildman–Crippen MR) is 50.6 cm³/mol. The van der Waals surface area contributed by atoms with Crippen LogP contribution in [0.4, 0.5) is 0 Å². The Hall–Kier alpha value is -1.04. The van der Waals surface area contributed by atoms with Crippen molar-refractivity contribution in [2.75, 3.05) is 18.8 Å². The highest BCUT2D eigenvalue weighted by atomic mass is 32.1. The van der Waals surface area contributed by atoms with E-state index in [4.69, 9.17) is 0 Å². The largest absolute Gasteiger partial charge is 0.348 e. The second kappa shape index (κ2) is 7.60.